The van der Waals surface area contributed by atoms with Crippen LogP contribution in [0.2, 0.25) is 0 Å². The van der Waals surface area contributed by atoms with Gasteiger partial charge in [-0.05, 0) is 22.0 Å². The summed E-state index contributed by atoms with van der Waals surface area (Å²) in [6, 6.07) is 4.00. The van der Waals surface area contributed by atoms with Gasteiger partial charge < -0.3 is 15.7 Å². The van der Waals surface area contributed by atoms with Crippen LogP contribution in [-0.2, 0) is 5.75 Å². The molecule has 0 aliphatic carbocycles. The van der Waals surface area contributed by atoms with Gasteiger partial charge in [-0.1, -0.05) is 23.9 Å². The van der Waals surface area contributed by atoms with E-state index in [-0.39, 0.29) is 17.9 Å². The molecule has 0 unspecified atom stereocenters. The second-order valence-electron chi connectivity index (χ2n) is 5.13. The lowest BCUT2D eigenvalue weighted by Gasteiger charge is -2.08. The molecule has 0 atom stereocenters. The number of thiazole rings is 1. The van der Waals surface area contributed by atoms with Crippen LogP contribution < -0.4 is 10.6 Å². The van der Waals surface area contributed by atoms with Crippen LogP contribution in [0.25, 0.3) is 10.3 Å². The first-order chi connectivity index (χ1) is 12.9. The molecule has 0 fully saturated rings. The lowest BCUT2D eigenvalue weighted by molar-refractivity contribution is 0.195. The van der Waals surface area contributed by atoms with Crippen molar-refractivity contribution in [3.05, 3.63) is 39.3 Å². The highest BCUT2D eigenvalue weighted by molar-refractivity contribution is 9.11. The predicted octanol–water partition coefficient (Wildman–Crippen LogP) is 4.10. The van der Waals surface area contributed by atoms with E-state index in [1.165, 1.54) is 23.5 Å². The number of nitrogens with one attached hydrogen (secondary N) is 2. The van der Waals surface area contributed by atoms with Gasteiger partial charge in [-0.2, -0.15) is 0 Å². The molecule has 2 heterocycles. The Morgan fingerprint density at radius 2 is 2.07 bits per heavy atom. The molecule has 2 aromatic heterocycles. The number of benzene rings is 1. The van der Waals surface area contributed by atoms with Crippen molar-refractivity contribution in [3.8, 4) is 0 Å². The second kappa shape index (κ2) is 8.76. The van der Waals surface area contributed by atoms with Gasteiger partial charge in [0.05, 0.1) is 0 Å². The number of nitrogens with zero attached hydrogens (tertiary/aromatic N) is 3. The van der Waals surface area contributed by atoms with Gasteiger partial charge in [0.25, 0.3) is 0 Å². The van der Waals surface area contributed by atoms with Crippen LogP contribution in [0.3, 0.4) is 0 Å². The highest BCUT2D eigenvalue weighted by Gasteiger charge is 2.14. The van der Waals surface area contributed by atoms with Gasteiger partial charge in [-0.25, -0.2) is 28.5 Å². The number of amides is 1. The lowest BCUT2D eigenvalue weighted by Crippen LogP contribution is -2.27. The summed E-state index contributed by atoms with van der Waals surface area (Å²) in [6.45, 7) is 0.508. The summed E-state index contributed by atoms with van der Waals surface area (Å²) in [5.74, 6) is -1.14. The molecule has 3 N–H and O–H groups in total. The summed E-state index contributed by atoms with van der Waals surface area (Å²) in [7, 11) is 0. The molecule has 0 saturated heterocycles. The van der Waals surface area contributed by atoms with Gasteiger partial charge in [0.1, 0.15) is 4.70 Å². The number of fused-ring (bicyclic) bond motifs is 1. The van der Waals surface area contributed by atoms with Crippen LogP contribution in [0.15, 0.2) is 27.3 Å². The molecular weight excluding hydrogens is 464 g/mol. The van der Waals surface area contributed by atoms with Gasteiger partial charge in [0.15, 0.2) is 32.2 Å². The van der Waals surface area contributed by atoms with Crippen molar-refractivity contribution in [3.63, 3.8) is 0 Å². The Labute approximate surface area is 168 Å². The number of rotatable bonds is 7. The fourth-order valence-corrected chi connectivity index (χ4v) is 4.28. The first-order valence-electron chi connectivity index (χ1n) is 7.54. The monoisotopic (exact) mass is 475 g/mol. The van der Waals surface area contributed by atoms with Gasteiger partial charge in [-0.15, -0.1) is 11.3 Å². The zero-order valence-electron chi connectivity index (χ0n) is 13.5. The van der Waals surface area contributed by atoms with Gasteiger partial charge >= 0.3 is 6.09 Å². The third-order valence-electron chi connectivity index (χ3n) is 3.29. The summed E-state index contributed by atoms with van der Waals surface area (Å²) < 4.78 is 28.4. The molecule has 3 aromatic rings. The number of halogens is 3. The maximum Gasteiger partial charge on any atom is 0.404 e. The summed E-state index contributed by atoms with van der Waals surface area (Å²) in [5.41, 5.74) is 0.668. The second-order valence-corrected chi connectivity index (χ2v) is 8.35. The van der Waals surface area contributed by atoms with E-state index in [1.807, 2.05) is 0 Å². The summed E-state index contributed by atoms with van der Waals surface area (Å²) in [5, 5.41) is 14.2. The lowest BCUT2D eigenvalue weighted by atomic mass is 10.2. The molecular formula is C15H12BrF2N5O2S2. The van der Waals surface area contributed by atoms with Crippen molar-refractivity contribution in [2.45, 2.75) is 10.9 Å². The average molecular weight is 476 g/mol. The van der Waals surface area contributed by atoms with Crippen molar-refractivity contribution >= 4 is 61.3 Å². The van der Waals surface area contributed by atoms with Crippen LogP contribution in [-0.4, -0.2) is 39.2 Å². The molecule has 0 radical (unpaired) electrons. The number of carbonyl (C=O) groups is 1. The van der Waals surface area contributed by atoms with Gasteiger partial charge in [0.2, 0.25) is 0 Å². The predicted molar refractivity (Wildman–Crippen MR) is 103 cm³/mol. The van der Waals surface area contributed by atoms with Crippen LogP contribution in [0.1, 0.15) is 5.56 Å². The number of hydrogen-bond donors (Lipinski definition) is 3. The maximum absolute atomic E-state index is 13.8. The molecule has 12 heteroatoms. The highest BCUT2D eigenvalue weighted by Crippen LogP contribution is 2.32. The minimum atomic E-state index is -1.11. The first kappa shape index (κ1) is 19.7. The van der Waals surface area contributed by atoms with E-state index in [9.17, 15) is 13.6 Å². The Hall–Kier alpha value is -2.05. The molecule has 0 aliphatic rings. The van der Waals surface area contributed by atoms with E-state index < -0.39 is 17.7 Å². The molecule has 1 aromatic carbocycles. The maximum atomic E-state index is 13.8. The van der Waals surface area contributed by atoms with E-state index in [0.717, 1.165) is 17.8 Å². The minimum Gasteiger partial charge on any atom is -0.465 e. The zero-order chi connectivity index (χ0) is 19.4. The quantitative estimate of drug-likeness (QED) is 0.268. The third-order valence-corrected chi connectivity index (χ3v) is 5.69. The molecule has 0 bridgehead atoms. The number of hydrogen-bond acceptors (Lipinski definition) is 7. The van der Waals surface area contributed by atoms with Crippen LogP contribution in [0, 0.1) is 11.6 Å². The van der Waals surface area contributed by atoms with Crippen LogP contribution in [0.4, 0.5) is 19.4 Å². The number of carboxylic acid groups (broad SMARTS) is 1. The first-order valence-corrected chi connectivity index (χ1v) is 10.1. The molecule has 0 saturated carbocycles. The molecule has 1 amide bonds. The van der Waals surface area contributed by atoms with Crippen LogP contribution in [0.5, 0.6) is 0 Å². The highest BCUT2D eigenvalue weighted by atomic mass is 79.9. The van der Waals surface area contributed by atoms with E-state index in [0.29, 0.717) is 31.8 Å². The normalized spacial score (nSPS) is 10.9. The van der Waals surface area contributed by atoms with Crippen molar-refractivity contribution in [1.29, 1.82) is 0 Å². The Kier molecular flexibility index (Phi) is 6.39. The minimum absolute atomic E-state index is 0.153. The SMILES string of the molecule is O=C(O)NCCNc1nc(SCc2cccc(F)c2F)nc2nc(Br)sc12. The van der Waals surface area contributed by atoms with Crippen molar-refractivity contribution in [2.75, 3.05) is 18.4 Å². The topological polar surface area (TPSA) is 100 Å². The Morgan fingerprint density at radius 3 is 2.85 bits per heavy atom. The number of thioether (sulfide) groups is 1. The molecule has 27 heavy (non-hydrogen) atoms. The fraction of sp³-hybridized carbons (Fsp3) is 0.200. The van der Waals surface area contributed by atoms with E-state index in [4.69, 9.17) is 5.11 Å². The van der Waals surface area contributed by atoms with E-state index >= 15 is 0 Å². The number of aromatic nitrogens is 3. The third kappa shape index (κ3) is 5.02. The largest absolute Gasteiger partial charge is 0.465 e. The summed E-state index contributed by atoms with van der Waals surface area (Å²) in [4.78, 5) is 23.5. The van der Waals surface area contributed by atoms with Gasteiger partial charge in [-0.3, -0.25) is 0 Å². The average Bonchev–Trinajstić information content (AvgIpc) is 3.00. The van der Waals surface area contributed by atoms with Crippen molar-refractivity contribution in [2.24, 2.45) is 0 Å². The van der Waals surface area contributed by atoms with E-state index in [1.54, 1.807) is 0 Å². The molecule has 0 aliphatic heterocycles. The van der Waals surface area contributed by atoms with Crippen molar-refractivity contribution in [1.82, 2.24) is 20.3 Å². The Morgan fingerprint density at radius 1 is 1.26 bits per heavy atom. The smallest absolute Gasteiger partial charge is 0.404 e. The summed E-state index contributed by atoms with van der Waals surface area (Å²) in [6.07, 6.45) is -1.11. The van der Waals surface area contributed by atoms with E-state index in [2.05, 4.69) is 41.5 Å². The molecule has 0 spiro atoms. The Bertz CT molecular complexity index is 988. The molecule has 7 nitrogen and oxygen atoms in total. The van der Waals surface area contributed by atoms with Crippen molar-refractivity contribution < 1.29 is 18.7 Å². The van der Waals surface area contributed by atoms with Crippen LogP contribution >= 0.6 is 39.0 Å². The Balaban J connectivity index is 1.78. The number of anilines is 1. The zero-order valence-corrected chi connectivity index (χ0v) is 16.7. The van der Waals surface area contributed by atoms with Gasteiger partial charge in [0, 0.05) is 24.4 Å². The fourth-order valence-electron chi connectivity index (χ4n) is 2.12. The molecule has 142 valence electrons. The summed E-state index contributed by atoms with van der Waals surface area (Å²) >= 11 is 5.78. The molecule has 3 rings (SSSR count). The standard InChI is InChI=1S/C15H12BrF2N5O2S2/c16-13-21-12-10(27-13)11(19-4-5-20-15(24)25)22-14(23-12)26-6-7-2-1-3-8(17)9(7)18/h1-3,20H,4-6H2,(H,24,25)(H,19,22,23).